The van der Waals surface area contributed by atoms with Crippen LogP contribution in [0.2, 0.25) is 0 Å². The Bertz CT molecular complexity index is 1590. The molecular formula is C31H24N4O2. The lowest BCUT2D eigenvalue weighted by Crippen LogP contribution is -2.22. The van der Waals surface area contributed by atoms with Crippen LogP contribution in [-0.2, 0) is 6.54 Å². The van der Waals surface area contributed by atoms with E-state index < -0.39 is 6.04 Å². The van der Waals surface area contributed by atoms with Crippen molar-refractivity contribution in [3.05, 3.63) is 138 Å². The minimum atomic E-state index is -0.510. The molecule has 1 amide bonds. The van der Waals surface area contributed by atoms with Crippen LogP contribution in [0.3, 0.4) is 0 Å². The number of nitrogens with one attached hydrogen (secondary N) is 2. The number of aromatic nitrogens is 2. The first-order valence-corrected chi connectivity index (χ1v) is 12.1. The first kappa shape index (κ1) is 22.5. The Morgan fingerprint density at radius 3 is 2.46 bits per heavy atom. The highest BCUT2D eigenvalue weighted by Gasteiger charge is 2.28. The van der Waals surface area contributed by atoms with Gasteiger partial charge in [0, 0.05) is 52.7 Å². The largest absolute Gasteiger partial charge is 0.370 e. The Labute approximate surface area is 214 Å². The fourth-order valence-electron chi connectivity index (χ4n) is 4.75. The molecule has 1 atom stereocenters. The van der Waals surface area contributed by atoms with Gasteiger partial charge in [-0.3, -0.25) is 14.6 Å². The molecule has 0 fully saturated rings. The van der Waals surface area contributed by atoms with Gasteiger partial charge in [0.05, 0.1) is 5.69 Å². The highest BCUT2D eigenvalue weighted by Crippen LogP contribution is 2.31. The van der Waals surface area contributed by atoms with Crippen LogP contribution >= 0.6 is 0 Å². The maximum absolute atomic E-state index is 13.6. The Kier molecular flexibility index (Phi) is 5.83. The predicted octanol–water partition coefficient (Wildman–Crippen LogP) is 6.20. The quantitative estimate of drug-likeness (QED) is 0.291. The van der Waals surface area contributed by atoms with Crippen LogP contribution in [0.4, 0.5) is 11.4 Å². The second-order valence-electron chi connectivity index (χ2n) is 8.95. The van der Waals surface area contributed by atoms with Crippen LogP contribution in [0, 0.1) is 0 Å². The van der Waals surface area contributed by atoms with E-state index in [9.17, 15) is 9.59 Å². The molecule has 1 unspecified atom stereocenters. The molecule has 6 rings (SSSR count). The van der Waals surface area contributed by atoms with Gasteiger partial charge < -0.3 is 15.2 Å². The number of carbonyl (C=O) groups is 2. The summed E-state index contributed by atoms with van der Waals surface area (Å²) in [6, 6.07) is 31.5. The lowest BCUT2D eigenvalue weighted by molar-refractivity contribution is 0.0966. The lowest BCUT2D eigenvalue weighted by atomic mass is 10.0. The van der Waals surface area contributed by atoms with Gasteiger partial charge in [0.15, 0.2) is 5.78 Å². The van der Waals surface area contributed by atoms with E-state index in [0.29, 0.717) is 23.4 Å². The number of benzene rings is 3. The van der Waals surface area contributed by atoms with Crippen molar-refractivity contribution in [3.63, 3.8) is 0 Å². The molecule has 2 N–H and O–H groups in total. The molecule has 3 aromatic carbocycles. The van der Waals surface area contributed by atoms with Crippen molar-refractivity contribution in [3.8, 4) is 11.3 Å². The number of nitrogens with zero attached hydrogens (tertiary/aromatic N) is 2. The van der Waals surface area contributed by atoms with Gasteiger partial charge in [-0.15, -0.1) is 0 Å². The summed E-state index contributed by atoms with van der Waals surface area (Å²) < 4.78 is 2.11. The third kappa shape index (κ3) is 4.41. The Hall–Kier alpha value is -4.97. The number of hydrogen-bond donors (Lipinski definition) is 2. The van der Waals surface area contributed by atoms with Crippen molar-refractivity contribution in [2.45, 2.75) is 12.6 Å². The van der Waals surface area contributed by atoms with Gasteiger partial charge in [0.25, 0.3) is 5.91 Å². The summed E-state index contributed by atoms with van der Waals surface area (Å²) in [5.74, 6) is -0.268. The van der Waals surface area contributed by atoms with Crippen molar-refractivity contribution in [2.24, 2.45) is 0 Å². The van der Waals surface area contributed by atoms with Gasteiger partial charge in [-0.25, -0.2) is 0 Å². The molecule has 2 aromatic heterocycles. The zero-order valence-electron chi connectivity index (χ0n) is 20.0. The van der Waals surface area contributed by atoms with Crippen molar-refractivity contribution in [1.82, 2.24) is 9.55 Å². The minimum absolute atomic E-state index is 0.0324. The van der Waals surface area contributed by atoms with Gasteiger partial charge >= 0.3 is 0 Å². The minimum Gasteiger partial charge on any atom is -0.370 e. The molecule has 0 spiro atoms. The molecule has 6 nitrogen and oxygen atoms in total. The number of carbonyl (C=O) groups excluding carboxylic acids is 2. The second-order valence-corrected chi connectivity index (χ2v) is 8.95. The van der Waals surface area contributed by atoms with E-state index >= 15 is 0 Å². The summed E-state index contributed by atoms with van der Waals surface area (Å²) >= 11 is 0. The third-order valence-corrected chi connectivity index (χ3v) is 6.62. The molecule has 5 aromatic rings. The van der Waals surface area contributed by atoms with Crippen LogP contribution in [-0.4, -0.2) is 21.2 Å². The summed E-state index contributed by atoms with van der Waals surface area (Å²) in [6.45, 7) is 0.709. The van der Waals surface area contributed by atoms with Gasteiger partial charge in [-0.2, -0.15) is 0 Å². The standard InChI is InChI=1S/C31H24N4O2/c36-30(29-28-13-7-19-35(28)20-22-8-1-4-11-26(22)34-29)21-14-16-23(17-15-21)33-31(37)25-10-3-2-9-24(25)27-12-5-6-18-32-27/h1-19,29,34H,20H2,(H,33,37). The molecule has 0 radical (unpaired) electrons. The SMILES string of the molecule is O=C(Nc1ccc(C(=O)C2Nc3ccccc3Cn3cccc32)cc1)c1ccccc1-c1ccccn1. The topological polar surface area (TPSA) is 76.0 Å². The molecule has 0 saturated carbocycles. The number of Topliss-reactive ketones (excluding diaryl/α,β-unsaturated/α-hetero) is 1. The first-order chi connectivity index (χ1) is 18.2. The van der Waals surface area contributed by atoms with E-state index in [-0.39, 0.29) is 11.7 Å². The van der Waals surface area contributed by atoms with E-state index in [1.807, 2.05) is 72.9 Å². The van der Waals surface area contributed by atoms with E-state index in [1.165, 1.54) is 0 Å². The molecule has 1 aliphatic rings. The van der Waals surface area contributed by atoms with Crippen LogP contribution < -0.4 is 10.6 Å². The fourth-order valence-corrected chi connectivity index (χ4v) is 4.75. The molecule has 6 heteroatoms. The van der Waals surface area contributed by atoms with E-state index in [0.717, 1.165) is 28.2 Å². The molecule has 0 saturated heterocycles. The van der Waals surface area contributed by atoms with Gasteiger partial charge in [0.2, 0.25) is 0 Å². The summed E-state index contributed by atoms with van der Waals surface area (Å²) in [5.41, 5.74) is 6.22. The molecule has 37 heavy (non-hydrogen) atoms. The zero-order valence-corrected chi connectivity index (χ0v) is 20.0. The Balaban J connectivity index is 1.23. The number of anilines is 2. The number of hydrogen-bond acceptors (Lipinski definition) is 4. The predicted molar refractivity (Wildman–Crippen MR) is 145 cm³/mol. The molecule has 1 aliphatic heterocycles. The van der Waals surface area contributed by atoms with Gasteiger partial charge in [0.1, 0.15) is 6.04 Å². The normalized spacial score (nSPS) is 14.0. The molecule has 0 aliphatic carbocycles. The van der Waals surface area contributed by atoms with Gasteiger partial charge in [-0.05, 0) is 66.2 Å². The molecule has 3 heterocycles. The smallest absolute Gasteiger partial charge is 0.256 e. The van der Waals surface area contributed by atoms with Crippen molar-refractivity contribution in [2.75, 3.05) is 10.6 Å². The van der Waals surface area contributed by atoms with Crippen molar-refractivity contribution >= 4 is 23.1 Å². The molecular weight excluding hydrogens is 460 g/mol. The van der Waals surface area contributed by atoms with E-state index in [2.05, 4.69) is 26.3 Å². The molecule has 180 valence electrons. The highest BCUT2D eigenvalue weighted by atomic mass is 16.1. The fraction of sp³-hybridized carbons (Fsp3) is 0.0645. The van der Waals surface area contributed by atoms with Crippen molar-refractivity contribution in [1.29, 1.82) is 0 Å². The maximum atomic E-state index is 13.6. The maximum Gasteiger partial charge on any atom is 0.256 e. The summed E-state index contributed by atoms with van der Waals surface area (Å²) in [6.07, 6.45) is 3.71. The van der Waals surface area contributed by atoms with E-state index in [1.54, 1.807) is 36.5 Å². The Morgan fingerprint density at radius 1 is 0.838 bits per heavy atom. The monoisotopic (exact) mass is 484 g/mol. The van der Waals surface area contributed by atoms with Crippen LogP contribution in [0.5, 0.6) is 0 Å². The summed E-state index contributed by atoms with van der Waals surface area (Å²) in [7, 11) is 0. The highest BCUT2D eigenvalue weighted by molar-refractivity contribution is 6.09. The van der Waals surface area contributed by atoms with E-state index in [4.69, 9.17) is 0 Å². The van der Waals surface area contributed by atoms with Crippen LogP contribution in [0.15, 0.2) is 116 Å². The number of amides is 1. The zero-order chi connectivity index (χ0) is 25.2. The average molecular weight is 485 g/mol. The van der Waals surface area contributed by atoms with Gasteiger partial charge in [-0.1, -0.05) is 42.5 Å². The Morgan fingerprint density at radius 2 is 1.62 bits per heavy atom. The lowest BCUT2D eigenvalue weighted by Gasteiger charge is -2.18. The first-order valence-electron chi connectivity index (χ1n) is 12.1. The van der Waals surface area contributed by atoms with Crippen LogP contribution in [0.25, 0.3) is 11.3 Å². The molecule has 0 bridgehead atoms. The summed E-state index contributed by atoms with van der Waals surface area (Å²) in [5, 5.41) is 6.39. The number of fused-ring (bicyclic) bond motifs is 2. The average Bonchev–Trinajstić information content (AvgIpc) is 3.34. The summed E-state index contributed by atoms with van der Waals surface area (Å²) in [4.78, 5) is 31.1. The number of rotatable bonds is 5. The number of para-hydroxylation sites is 1. The van der Waals surface area contributed by atoms with Crippen LogP contribution in [0.1, 0.15) is 38.0 Å². The second kappa shape index (κ2) is 9.59. The third-order valence-electron chi connectivity index (χ3n) is 6.62. The number of ketones is 1. The number of pyridine rings is 1. The van der Waals surface area contributed by atoms with Crippen molar-refractivity contribution < 1.29 is 9.59 Å².